The number of hydrogen-bond donors (Lipinski definition) is 1. The van der Waals surface area contributed by atoms with Gasteiger partial charge in [-0.2, -0.15) is 0 Å². The third kappa shape index (κ3) is 6.86. The number of carbonyl (C=O) groups excluding carboxylic acids is 1. The number of aromatic carboxylic acids is 1. The van der Waals surface area contributed by atoms with Gasteiger partial charge in [0.05, 0.1) is 21.5 Å². The van der Waals surface area contributed by atoms with E-state index in [0.717, 1.165) is 31.4 Å². The van der Waals surface area contributed by atoms with Gasteiger partial charge in [-0.3, -0.25) is 4.79 Å². The molecule has 0 aliphatic rings. The van der Waals surface area contributed by atoms with Crippen LogP contribution >= 0.6 is 18.5 Å². The maximum Gasteiger partial charge on any atom is 0.336 e. The first-order valence-electron chi connectivity index (χ1n) is 14.0. The third-order valence-corrected chi connectivity index (χ3v) is 11.7. The van der Waals surface area contributed by atoms with E-state index in [1.54, 1.807) is 35.6 Å². The predicted octanol–water partition coefficient (Wildman–Crippen LogP) is 8.25. The summed E-state index contributed by atoms with van der Waals surface area (Å²) in [6, 6.07) is 49.8. The van der Waals surface area contributed by atoms with Crippen LogP contribution in [0.1, 0.15) is 26.3 Å². The van der Waals surface area contributed by atoms with E-state index in [0.29, 0.717) is 5.56 Å². The van der Waals surface area contributed by atoms with Crippen molar-refractivity contribution in [3.8, 4) is 0 Å². The van der Waals surface area contributed by atoms with Gasteiger partial charge in [-0.05, 0) is 66.7 Å². The minimum atomic E-state index is -2.53. The fourth-order valence-corrected chi connectivity index (χ4v) is 9.06. The monoisotopic (exact) mass is 764 g/mol. The topological polar surface area (TPSA) is 75.8 Å². The second kappa shape index (κ2) is 14.7. The molecule has 7 heteroatoms. The number of thiophene rings is 1. The van der Waals surface area contributed by atoms with Gasteiger partial charge in [0.15, 0.2) is 5.78 Å². The molecular formula is C38H28EuO4PS+. The molecule has 0 aliphatic heterocycles. The SMILES string of the molecule is O=C(O)c1ccccc1C(=O)c1ccc2sc3ccccc3c2c1.[Eu].[OH+]=P(c1ccccc1)(c1ccccc1)c1ccccc1. The van der Waals surface area contributed by atoms with Crippen molar-refractivity contribution >= 4 is 66.3 Å². The quantitative estimate of drug-likeness (QED) is 0.105. The number of ketones is 1. The number of rotatable bonds is 6. The molecule has 45 heavy (non-hydrogen) atoms. The van der Waals surface area contributed by atoms with E-state index in [9.17, 15) is 19.3 Å². The minimum absolute atomic E-state index is 0. The molecule has 0 aliphatic carbocycles. The van der Waals surface area contributed by atoms with Gasteiger partial charge in [-0.15, -0.1) is 11.3 Å². The largest absolute Gasteiger partial charge is 0.478 e. The van der Waals surface area contributed by atoms with E-state index in [1.165, 1.54) is 10.8 Å². The van der Waals surface area contributed by atoms with Crippen molar-refractivity contribution in [2.24, 2.45) is 0 Å². The molecule has 0 bridgehead atoms. The Hall–Kier alpha value is -3.51. The Kier molecular flexibility index (Phi) is 10.8. The molecule has 7 aromatic rings. The zero-order chi connectivity index (χ0) is 30.5. The number of benzene rings is 6. The fraction of sp³-hybridized carbons (Fsp3) is 0. The number of fused-ring (bicyclic) bond motifs is 3. The van der Waals surface area contributed by atoms with Gasteiger partial charge < -0.3 is 9.67 Å². The molecule has 221 valence electrons. The molecule has 7 rings (SSSR count). The van der Waals surface area contributed by atoms with E-state index >= 15 is 0 Å². The van der Waals surface area contributed by atoms with Crippen LogP contribution in [0.15, 0.2) is 158 Å². The van der Waals surface area contributed by atoms with Crippen LogP contribution in [0.2, 0.25) is 0 Å². The van der Waals surface area contributed by atoms with Gasteiger partial charge in [0.2, 0.25) is 0 Å². The Labute approximate surface area is 306 Å². The summed E-state index contributed by atoms with van der Waals surface area (Å²) in [5.74, 6) is -1.37. The number of carboxylic acids is 1. The molecular weight excluding hydrogens is 735 g/mol. The molecule has 0 spiro atoms. The first-order chi connectivity index (χ1) is 21.5. The number of carboxylic acid groups (broad SMARTS) is 1. The Morgan fingerprint density at radius 3 is 1.51 bits per heavy atom. The van der Waals surface area contributed by atoms with Crippen LogP contribution in [0.4, 0.5) is 0 Å². The zero-order valence-electron chi connectivity index (χ0n) is 24.0. The predicted molar refractivity (Wildman–Crippen MR) is 183 cm³/mol. The molecule has 0 saturated heterocycles. The van der Waals surface area contributed by atoms with Crippen molar-refractivity contribution < 1.29 is 68.6 Å². The first kappa shape index (κ1) is 32.9. The van der Waals surface area contributed by atoms with Gasteiger partial charge in [-0.1, -0.05) is 91.0 Å². The van der Waals surface area contributed by atoms with Crippen LogP contribution in [0.5, 0.6) is 0 Å². The van der Waals surface area contributed by atoms with Crippen LogP contribution < -0.4 is 15.9 Å². The van der Waals surface area contributed by atoms with Gasteiger partial charge in [0.1, 0.15) is 0 Å². The van der Waals surface area contributed by atoms with Crippen molar-refractivity contribution in [3.05, 3.63) is 174 Å². The molecule has 1 aromatic heterocycles. The summed E-state index contributed by atoms with van der Waals surface area (Å²) in [5, 5.41) is 14.4. The van der Waals surface area contributed by atoms with Crippen molar-refractivity contribution in [2.45, 2.75) is 0 Å². The molecule has 0 atom stereocenters. The summed E-state index contributed by atoms with van der Waals surface area (Å²) in [7, 11) is -2.53. The third-order valence-electron chi connectivity index (χ3n) is 7.43. The summed E-state index contributed by atoms with van der Waals surface area (Å²) in [6.45, 7) is 0. The molecule has 4 nitrogen and oxygen atoms in total. The second-order valence-electron chi connectivity index (χ2n) is 10.1. The van der Waals surface area contributed by atoms with Crippen molar-refractivity contribution in [1.29, 1.82) is 0 Å². The van der Waals surface area contributed by atoms with Gasteiger partial charge in [0, 0.05) is 80.7 Å². The molecule has 0 unspecified atom stereocenters. The van der Waals surface area contributed by atoms with E-state index in [1.807, 2.05) is 121 Å². The normalized spacial score (nSPS) is 10.8. The van der Waals surface area contributed by atoms with Crippen molar-refractivity contribution in [2.75, 3.05) is 0 Å². The van der Waals surface area contributed by atoms with Crippen LogP contribution in [0.25, 0.3) is 20.2 Å². The van der Waals surface area contributed by atoms with Crippen molar-refractivity contribution in [3.63, 3.8) is 0 Å². The molecule has 0 saturated carbocycles. The molecule has 2 N–H and O–H groups in total. The summed E-state index contributed by atoms with van der Waals surface area (Å²) >= 11 is 1.68. The summed E-state index contributed by atoms with van der Waals surface area (Å²) in [5.41, 5.74) is 0.737. The second-order valence-corrected chi connectivity index (χ2v) is 14.0. The van der Waals surface area contributed by atoms with Gasteiger partial charge >= 0.3 is 13.1 Å². The zero-order valence-corrected chi connectivity index (χ0v) is 28.1. The number of carbonyl (C=O) groups is 2. The number of hydrogen-bond acceptors (Lipinski definition) is 3. The van der Waals surface area contributed by atoms with Gasteiger partial charge in [0.25, 0.3) is 0 Å². The van der Waals surface area contributed by atoms with Crippen LogP contribution in [-0.4, -0.2) is 21.4 Å². The van der Waals surface area contributed by atoms with Crippen LogP contribution in [-0.2, 0) is 0 Å². The molecule has 6 aromatic carbocycles. The minimum Gasteiger partial charge on any atom is -0.478 e. The average molecular weight is 764 g/mol. The Morgan fingerprint density at radius 1 is 0.533 bits per heavy atom. The van der Waals surface area contributed by atoms with E-state index in [2.05, 4.69) is 6.07 Å². The maximum absolute atomic E-state index is 12.8. The molecule has 0 amide bonds. The molecule has 0 fully saturated rings. The van der Waals surface area contributed by atoms with Crippen LogP contribution in [0, 0.1) is 49.4 Å². The summed E-state index contributed by atoms with van der Waals surface area (Å²) in [6.07, 6.45) is 0. The Morgan fingerprint density at radius 2 is 0.978 bits per heavy atom. The Bertz CT molecular complexity index is 2040. The first-order valence-corrected chi connectivity index (χ1v) is 16.6. The van der Waals surface area contributed by atoms with E-state index in [-0.39, 0.29) is 66.3 Å². The summed E-state index contributed by atoms with van der Waals surface area (Å²) < 4.78 is 13.8. The van der Waals surface area contributed by atoms with Crippen LogP contribution in [0.3, 0.4) is 0 Å². The van der Waals surface area contributed by atoms with Gasteiger partial charge in [-0.25, -0.2) is 4.79 Å². The van der Waals surface area contributed by atoms with E-state index < -0.39 is 13.1 Å². The fourth-order valence-electron chi connectivity index (χ4n) is 5.27. The summed E-state index contributed by atoms with van der Waals surface area (Å²) in [4.78, 5) is 24.2. The molecule has 1 radical (unpaired) electrons. The maximum atomic E-state index is 12.8. The smallest absolute Gasteiger partial charge is 0.336 e. The van der Waals surface area contributed by atoms with E-state index in [4.69, 9.17) is 0 Å². The standard InChI is InChI=1S/C20H12O3S.C18H15OP.Eu/c21-19(14-6-1-2-7-15(14)20(22)23)12-9-10-18-16(11-12)13-5-3-4-8-17(13)24-18;19-20(16-10-4-1-5-11-16,17-12-6-2-7-13-17)18-14-8-3-9-15-18;/h1-11H,(H,22,23);1-15H;/p+1. The average Bonchev–Trinajstić information content (AvgIpc) is 3.47. The van der Waals surface area contributed by atoms with Crippen molar-refractivity contribution in [1.82, 2.24) is 0 Å². The molecule has 1 heterocycles. The Balaban J connectivity index is 0.000000177.